The van der Waals surface area contributed by atoms with E-state index in [0.29, 0.717) is 0 Å². The molecule has 0 bridgehead atoms. The summed E-state index contributed by atoms with van der Waals surface area (Å²) in [5.74, 6) is -0.827. The Balaban J connectivity index is 1.86. The van der Waals surface area contributed by atoms with Gasteiger partial charge in [0.15, 0.2) is 6.61 Å². The molecule has 1 aliphatic heterocycles. The van der Waals surface area contributed by atoms with Gasteiger partial charge in [0.1, 0.15) is 6.07 Å². The van der Waals surface area contributed by atoms with Gasteiger partial charge in [-0.2, -0.15) is 9.57 Å². The third-order valence-corrected chi connectivity index (χ3v) is 6.00. The lowest BCUT2D eigenvalue weighted by Crippen LogP contribution is -2.50. The summed E-state index contributed by atoms with van der Waals surface area (Å²) < 4.78 is 31.2. The predicted octanol–water partition coefficient (Wildman–Crippen LogP) is 0.675. The van der Waals surface area contributed by atoms with Gasteiger partial charge in [0.2, 0.25) is 15.9 Å². The van der Waals surface area contributed by atoms with E-state index >= 15 is 0 Å². The smallest absolute Gasteiger partial charge is 0.307 e. The standard InChI is InChI=1S/C17H21N3O5S/c1-14-2-4-15(5-3-14)26(23,24)20-11-9-19(10-12-20)16(21)6-7-17(22)25-13-8-18/h2-5H,6-7,9-13H2,1H3. The maximum atomic E-state index is 12.6. The molecule has 1 aromatic carbocycles. The minimum Gasteiger partial charge on any atom is -0.450 e. The van der Waals surface area contributed by atoms with Gasteiger partial charge in [-0.1, -0.05) is 17.7 Å². The van der Waals surface area contributed by atoms with Gasteiger partial charge in [-0.15, -0.1) is 0 Å². The molecule has 26 heavy (non-hydrogen) atoms. The molecule has 0 spiro atoms. The number of piperazine rings is 1. The first-order valence-corrected chi connectivity index (χ1v) is 9.66. The Bertz CT molecular complexity index is 791. The predicted molar refractivity (Wildman–Crippen MR) is 92.3 cm³/mol. The normalized spacial score (nSPS) is 15.3. The average Bonchev–Trinajstić information content (AvgIpc) is 2.64. The number of amides is 1. The molecule has 8 nitrogen and oxygen atoms in total. The molecular weight excluding hydrogens is 358 g/mol. The van der Waals surface area contributed by atoms with Crippen molar-refractivity contribution in [3.05, 3.63) is 29.8 Å². The summed E-state index contributed by atoms with van der Waals surface area (Å²) in [7, 11) is -3.57. The van der Waals surface area contributed by atoms with Crippen molar-refractivity contribution in [2.75, 3.05) is 32.8 Å². The highest BCUT2D eigenvalue weighted by atomic mass is 32.2. The Hall–Kier alpha value is -2.44. The molecule has 0 radical (unpaired) electrons. The van der Waals surface area contributed by atoms with Crippen LogP contribution in [0.5, 0.6) is 0 Å². The number of rotatable bonds is 6. The summed E-state index contributed by atoms with van der Waals surface area (Å²) in [5, 5.41) is 8.33. The fourth-order valence-electron chi connectivity index (χ4n) is 2.59. The third-order valence-electron chi connectivity index (χ3n) is 4.09. The highest BCUT2D eigenvalue weighted by Crippen LogP contribution is 2.18. The van der Waals surface area contributed by atoms with Crippen molar-refractivity contribution < 1.29 is 22.7 Å². The van der Waals surface area contributed by atoms with Crippen LogP contribution in [-0.4, -0.2) is 62.3 Å². The minimum absolute atomic E-state index is 0.0189. The van der Waals surface area contributed by atoms with Crippen LogP contribution in [0.25, 0.3) is 0 Å². The van der Waals surface area contributed by atoms with Crippen molar-refractivity contribution in [1.29, 1.82) is 5.26 Å². The molecule has 0 unspecified atom stereocenters. The van der Waals surface area contributed by atoms with Gasteiger partial charge < -0.3 is 9.64 Å². The molecule has 1 amide bonds. The second kappa shape index (κ2) is 8.78. The largest absolute Gasteiger partial charge is 0.450 e. The Morgan fingerprint density at radius 2 is 1.73 bits per heavy atom. The second-order valence-corrected chi connectivity index (χ2v) is 7.85. The van der Waals surface area contributed by atoms with Crippen molar-refractivity contribution in [2.24, 2.45) is 0 Å². The average molecular weight is 379 g/mol. The van der Waals surface area contributed by atoms with Gasteiger partial charge >= 0.3 is 5.97 Å². The molecule has 0 N–H and O–H groups in total. The number of nitriles is 1. The molecule has 1 aliphatic rings. The van der Waals surface area contributed by atoms with Crippen LogP contribution in [0.3, 0.4) is 0 Å². The van der Waals surface area contributed by atoms with Gasteiger partial charge in [-0.05, 0) is 19.1 Å². The van der Waals surface area contributed by atoms with Gasteiger partial charge in [-0.25, -0.2) is 8.42 Å². The number of benzene rings is 1. The first kappa shape index (κ1) is 19.9. The fourth-order valence-corrected chi connectivity index (χ4v) is 4.01. The molecule has 1 aromatic rings. The number of carbonyl (C=O) groups excluding carboxylic acids is 2. The van der Waals surface area contributed by atoms with Gasteiger partial charge in [-0.3, -0.25) is 9.59 Å². The van der Waals surface area contributed by atoms with Crippen molar-refractivity contribution in [3.63, 3.8) is 0 Å². The first-order chi connectivity index (χ1) is 12.3. The number of hydrogen-bond acceptors (Lipinski definition) is 6. The number of nitrogens with zero attached hydrogens (tertiary/aromatic N) is 3. The van der Waals surface area contributed by atoms with Crippen LogP contribution in [-0.2, 0) is 24.3 Å². The van der Waals surface area contributed by atoms with Crippen LogP contribution >= 0.6 is 0 Å². The zero-order valence-electron chi connectivity index (χ0n) is 14.6. The molecule has 1 fully saturated rings. The van der Waals surface area contributed by atoms with Gasteiger partial charge in [0.05, 0.1) is 11.3 Å². The summed E-state index contributed by atoms with van der Waals surface area (Å²) in [6, 6.07) is 8.34. The van der Waals surface area contributed by atoms with E-state index in [0.717, 1.165) is 5.56 Å². The number of carbonyl (C=O) groups is 2. The molecule has 0 saturated carbocycles. The van der Waals surface area contributed by atoms with E-state index < -0.39 is 16.0 Å². The van der Waals surface area contributed by atoms with E-state index in [9.17, 15) is 18.0 Å². The highest BCUT2D eigenvalue weighted by molar-refractivity contribution is 7.89. The van der Waals surface area contributed by atoms with Crippen molar-refractivity contribution in [3.8, 4) is 6.07 Å². The molecule has 1 heterocycles. The van der Waals surface area contributed by atoms with E-state index in [2.05, 4.69) is 4.74 Å². The molecular formula is C17H21N3O5S. The number of hydrogen-bond donors (Lipinski definition) is 0. The maximum absolute atomic E-state index is 12.6. The van der Waals surface area contributed by atoms with Crippen molar-refractivity contribution in [2.45, 2.75) is 24.7 Å². The summed E-state index contributed by atoms with van der Waals surface area (Å²) in [5.41, 5.74) is 0.979. The maximum Gasteiger partial charge on any atom is 0.307 e. The Morgan fingerprint density at radius 1 is 1.12 bits per heavy atom. The molecule has 0 aliphatic carbocycles. The molecule has 140 valence electrons. The molecule has 2 rings (SSSR count). The minimum atomic E-state index is -3.57. The zero-order valence-corrected chi connectivity index (χ0v) is 15.4. The number of ether oxygens (including phenoxy) is 1. The topological polar surface area (TPSA) is 108 Å². The summed E-state index contributed by atoms with van der Waals surface area (Å²) in [6.45, 7) is 2.52. The van der Waals surface area contributed by atoms with E-state index in [1.54, 1.807) is 35.2 Å². The molecule has 1 saturated heterocycles. The number of aryl methyl sites for hydroxylation is 1. The monoisotopic (exact) mass is 379 g/mol. The van der Waals surface area contributed by atoms with Crippen LogP contribution in [0.15, 0.2) is 29.2 Å². The quantitative estimate of drug-likeness (QED) is 0.673. The lowest BCUT2D eigenvalue weighted by molar-refractivity contribution is -0.145. The lowest BCUT2D eigenvalue weighted by atomic mass is 10.2. The summed E-state index contributed by atoms with van der Waals surface area (Å²) >= 11 is 0. The van der Waals surface area contributed by atoms with E-state index in [1.807, 2.05) is 6.92 Å². The Morgan fingerprint density at radius 3 is 2.31 bits per heavy atom. The number of esters is 1. The molecule has 0 atom stereocenters. The third kappa shape index (κ3) is 5.03. The number of sulfonamides is 1. The lowest BCUT2D eigenvalue weighted by Gasteiger charge is -2.34. The van der Waals surface area contributed by atoms with Crippen molar-refractivity contribution in [1.82, 2.24) is 9.21 Å². The van der Waals surface area contributed by atoms with Crippen LogP contribution < -0.4 is 0 Å². The molecule has 9 heteroatoms. The van der Waals surface area contributed by atoms with Crippen LogP contribution in [0.1, 0.15) is 18.4 Å². The molecule has 0 aromatic heterocycles. The fraction of sp³-hybridized carbons (Fsp3) is 0.471. The first-order valence-electron chi connectivity index (χ1n) is 8.22. The van der Waals surface area contributed by atoms with Gasteiger partial charge in [0.25, 0.3) is 0 Å². The Kier molecular flexibility index (Phi) is 6.71. The van der Waals surface area contributed by atoms with Crippen LogP contribution in [0, 0.1) is 18.3 Å². The summed E-state index contributed by atoms with van der Waals surface area (Å²) in [4.78, 5) is 25.2. The Labute approximate surface area is 153 Å². The zero-order chi connectivity index (χ0) is 19.2. The van der Waals surface area contributed by atoms with E-state index in [-0.39, 0.29) is 56.4 Å². The van der Waals surface area contributed by atoms with E-state index in [4.69, 9.17) is 5.26 Å². The van der Waals surface area contributed by atoms with E-state index in [1.165, 1.54) is 4.31 Å². The second-order valence-electron chi connectivity index (χ2n) is 5.92. The van der Waals surface area contributed by atoms with Crippen LogP contribution in [0.2, 0.25) is 0 Å². The van der Waals surface area contributed by atoms with Gasteiger partial charge in [0, 0.05) is 32.6 Å². The highest BCUT2D eigenvalue weighted by Gasteiger charge is 2.30. The van der Waals surface area contributed by atoms with Crippen molar-refractivity contribution >= 4 is 21.9 Å². The summed E-state index contributed by atoms with van der Waals surface area (Å²) in [6.07, 6.45) is -0.114. The van der Waals surface area contributed by atoms with Crippen LogP contribution in [0.4, 0.5) is 0 Å². The SMILES string of the molecule is Cc1ccc(S(=O)(=O)N2CCN(C(=O)CCC(=O)OCC#N)CC2)cc1.